The molecule has 1 unspecified atom stereocenters. The van der Waals surface area contributed by atoms with Gasteiger partial charge in [0.2, 0.25) is 5.91 Å². The molecule has 0 aromatic heterocycles. The Hall–Kier alpha value is -0.610. The fourth-order valence-corrected chi connectivity index (χ4v) is 1.52. The molecule has 3 atom stereocenters. The molecule has 1 aliphatic heterocycles. The molecule has 1 aliphatic rings. The number of β-amino-alcohol motifs (C(OH)–C–C–N with tert-alkyl or cyclic N) is 2. The summed E-state index contributed by atoms with van der Waals surface area (Å²) in [7, 11) is 0. The lowest BCUT2D eigenvalue weighted by atomic mass is 9.97. The zero-order chi connectivity index (χ0) is 10.9. The second kappa shape index (κ2) is 4.28. The lowest BCUT2D eigenvalue weighted by molar-refractivity contribution is -0.135. The van der Waals surface area contributed by atoms with Crippen LogP contribution in [0.3, 0.4) is 0 Å². The van der Waals surface area contributed by atoms with Gasteiger partial charge >= 0.3 is 0 Å². The van der Waals surface area contributed by atoms with Crippen molar-refractivity contribution in [1.82, 2.24) is 4.90 Å². The SMILES string of the molecule is CC(C)C(C)C(=O)N1C[C@@H](O)[C@@H](O)C1. The summed E-state index contributed by atoms with van der Waals surface area (Å²) in [6, 6.07) is 0. The second-order valence-electron chi connectivity index (χ2n) is 4.41. The molecule has 0 aromatic carbocycles. The van der Waals surface area contributed by atoms with Gasteiger partial charge in [0.15, 0.2) is 0 Å². The minimum atomic E-state index is -0.779. The molecule has 2 N–H and O–H groups in total. The van der Waals surface area contributed by atoms with Gasteiger partial charge < -0.3 is 15.1 Å². The molecule has 82 valence electrons. The van der Waals surface area contributed by atoms with Crippen molar-refractivity contribution in [3.8, 4) is 0 Å². The molecule has 0 aromatic rings. The third-order valence-corrected chi connectivity index (χ3v) is 2.96. The average Bonchev–Trinajstić information content (AvgIpc) is 2.44. The minimum absolute atomic E-state index is 0.0237. The highest BCUT2D eigenvalue weighted by Gasteiger charge is 2.34. The zero-order valence-corrected chi connectivity index (χ0v) is 8.97. The number of nitrogens with zero attached hydrogens (tertiary/aromatic N) is 1. The molecule has 1 amide bonds. The third kappa shape index (κ3) is 2.25. The Bertz CT molecular complexity index is 207. The quantitative estimate of drug-likeness (QED) is 0.653. The number of hydrogen-bond acceptors (Lipinski definition) is 3. The summed E-state index contributed by atoms with van der Waals surface area (Å²) in [4.78, 5) is 13.3. The Morgan fingerprint density at radius 2 is 1.64 bits per heavy atom. The lowest BCUT2D eigenvalue weighted by Crippen LogP contribution is -2.36. The van der Waals surface area contributed by atoms with Gasteiger partial charge in [-0.05, 0) is 5.92 Å². The largest absolute Gasteiger partial charge is 0.388 e. The van der Waals surface area contributed by atoms with E-state index in [0.29, 0.717) is 0 Å². The van der Waals surface area contributed by atoms with Crippen molar-refractivity contribution in [2.24, 2.45) is 11.8 Å². The van der Waals surface area contributed by atoms with Crippen LogP contribution < -0.4 is 0 Å². The highest BCUT2D eigenvalue weighted by atomic mass is 16.3. The molecule has 1 heterocycles. The van der Waals surface area contributed by atoms with Crippen molar-refractivity contribution in [2.75, 3.05) is 13.1 Å². The first-order valence-corrected chi connectivity index (χ1v) is 5.08. The maximum atomic E-state index is 11.8. The van der Waals surface area contributed by atoms with E-state index in [1.807, 2.05) is 20.8 Å². The van der Waals surface area contributed by atoms with Gasteiger partial charge in [0, 0.05) is 19.0 Å². The first-order valence-electron chi connectivity index (χ1n) is 5.08. The van der Waals surface area contributed by atoms with E-state index in [1.54, 1.807) is 4.90 Å². The number of hydrogen-bond donors (Lipinski definition) is 2. The third-order valence-electron chi connectivity index (χ3n) is 2.96. The Morgan fingerprint density at radius 1 is 1.21 bits per heavy atom. The number of likely N-dealkylation sites (tertiary alicyclic amines) is 1. The van der Waals surface area contributed by atoms with E-state index < -0.39 is 12.2 Å². The van der Waals surface area contributed by atoms with E-state index in [-0.39, 0.29) is 30.8 Å². The normalized spacial score (nSPS) is 29.7. The summed E-state index contributed by atoms with van der Waals surface area (Å²) in [5.41, 5.74) is 0. The lowest BCUT2D eigenvalue weighted by Gasteiger charge is -2.22. The molecular formula is C10H19NO3. The van der Waals surface area contributed by atoms with Crippen molar-refractivity contribution in [2.45, 2.75) is 33.0 Å². The number of amides is 1. The molecule has 0 spiro atoms. The van der Waals surface area contributed by atoms with Crippen LogP contribution in [0.1, 0.15) is 20.8 Å². The van der Waals surface area contributed by atoms with Crippen LogP contribution in [0.2, 0.25) is 0 Å². The number of carbonyl (C=O) groups is 1. The first-order chi connectivity index (χ1) is 6.43. The first kappa shape index (κ1) is 11.5. The van der Waals surface area contributed by atoms with Gasteiger partial charge in [0.25, 0.3) is 0 Å². The number of aliphatic hydroxyl groups is 2. The van der Waals surface area contributed by atoms with Gasteiger partial charge in [-0.2, -0.15) is 0 Å². The monoisotopic (exact) mass is 201 g/mol. The van der Waals surface area contributed by atoms with E-state index in [4.69, 9.17) is 0 Å². The molecule has 4 nitrogen and oxygen atoms in total. The molecular weight excluding hydrogens is 182 g/mol. The van der Waals surface area contributed by atoms with Crippen LogP contribution in [0.15, 0.2) is 0 Å². The van der Waals surface area contributed by atoms with E-state index in [0.717, 1.165) is 0 Å². The highest BCUT2D eigenvalue weighted by Crippen LogP contribution is 2.18. The standard InChI is InChI=1S/C10H19NO3/c1-6(2)7(3)10(14)11-4-8(12)9(13)5-11/h6-9,12-13H,4-5H2,1-3H3/t7?,8-,9+. The van der Waals surface area contributed by atoms with Crippen LogP contribution >= 0.6 is 0 Å². The van der Waals surface area contributed by atoms with Gasteiger partial charge in [0.1, 0.15) is 0 Å². The predicted molar refractivity (Wildman–Crippen MR) is 52.6 cm³/mol. The van der Waals surface area contributed by atoms with Crippen LogP contribution in [0, 0.1) is 11.8 Å². The van der Waals surface area contributed by atoms with Gasteiger partial charge in [-0.1, -0.05) is 20.8 Å². The van der Waals surface area contributed by atoms with Crippen molar-refractivity contribution < 1.29 is 15.0 Å². The topological polar surface area (TPSA) is 60.8 Å². The van der Waals surface area contributed by atoms with Gasteiger partial charge in [-0.25, -0.2) is 0 Å². The Balaban J connectivity index is 2.55. The van der Waals surface area contributed by atoms with E-state index in [9.17, 15) is 15.0 Å². The maximum absolute atomic E-state index is 11.8. The second-order valence-corrected chi connectivity index (χ2v) is 4.41. The summed E-state index contributed by atoms with van der Waals surface area (Å²) < 4.78 is 0. The maximum Gasteiger partial charge on any atom is 0.225 e. The molecule has 0 aliphatic carbocycles. The molecule has 14 heavy (non-hydrogen) atoms. The molecule has 1 rings (SSSR count). The van der Waals surface area contributed by atoms with Crippen molar-refractivity contribution in [1.29, 1.82) is 0 Å². The molecule has 0 radical (unpaired) electrons. The fourth-order valence-electron chi connectivity index (χ4n) is 1.52. The summed E-state index contributed by atoms with van der Waals surface area (Å²) in [6.07, 6.45) is -1.56. The molecule has 1 fully saturated rings. The zero-order valence-electron chi connectivity index (χ0n) is 8.97. The number of carbonyl (C=O) groups excluding carboxylic acids is 1. The number of rotatable bonds is 2. The highest BCUT2D eigenvalue weighted by molar-refractivity contribution is 5.79. The summed E-state index contributed by atoms with van der Waals surface area (Å²) in [6.45, 7) is 6.38. The van der Waals surface area contributed by atoms with Crippen LogP contribution in [0.4, 0.5) is 0 Å². The fraction of sp³-hybridized carbons (Fsp3) is 0.900. The Morgan fingerprint density at radius 3 is 2.00 bits per heavy atom. The summed E-state index contributed by atoms with van der Waals surface area (Å²) >= 11 is 0. The van der Waals surface area contributed by atoms with E-state index in [1.165, 1.54) is 0 Å². The Labute approximate surface area is 84.5 Å². The van der Waals surface area contributed by atoms with Crippen molar-refractivity contribution in [3.63, 3.8) is 0 Å². The van der Waals surface area contributed by atoms with Crippen LogP contribution in [-0.2, 0) is 4.79 Å². The average molecular weight is 201 g/mol. The minimum Gasteiger partial charge on any atom is -0.388 e. The smallest absolute Gasteiger partial charge is 0.225 e. The van der Waals surface area contributed by atoms with Gasteiger partial charge in [-0.3, -0.25) is 4.79 Å². The van der Waals surface area contributed by atoms with Gasteiger partial charge in [-0.15, -0.1) is 0 Å². The molecule has 0 saturated carbocycles. The molecule has 4 heteroatoms. The van der Waals surface area contributed by atoms with Crippen LogP contribution in [0.5, 0.6) is 0 Å². The van der Waals surface area contributed by atoms with Crippen LogP contribution in [0.25, 0.3) is 0 Å². The summed E-state index contributed by atoms with van der Waals surface area (Å²) in [5.74, 6) is 0.264. The van der Waals surface area contributed by atoms with E-state index >= 15 is 0 Å². The molecule has 1 saturated heterocycles. The Kier molecular flexibility index (Phi) is 3.50. The number of aliphatic hydroxyl groups excluding tert-OH is 2. The van der Waals surface area contributed by atoms with E-state index in [2.05, 4.69) is 0 Å². The predicted octanol–water partition coefficient (Wildman–Crippen LogP) is -0.158. The van der Waals surface area contributed by atoms with Gasteiger partial charge in [0.05, 0.1) is 12.2 Å². The molecule has 0 bridgehead atoms. The van der Waals surface area contributed by atoms with Crippen LogP contribution in [-0.4, -0.2) is 46.3 Å². The van der Waals surface area contributed by atoms with Crippen molar-refractivity contribution in [3.05, 3.63) is 0 Å². The van der Waals surface area contributed by atoms with Crippen molar-refractivity contribution >= 4 is 5.91 Å². The summed E-state index contributed by atoms with van der Waals surface area (Å²) in [5, 5.41) is 18.6.